The van der Waals surface area contributed by atoms with Gasteiger partial charge in [-0.05, 0) is 32.4 Å². The SMILES string of the molecule is Cc1ccccc1-n1cc(C(=O)NCC(C)(C)N2CCOCC2)c(-c2ccccc2)n1. The fourth-order valence-electron chi connectivity index (χ4n) is 3.97. The highest BCUT2D eigenvalue weighted by Crippen LogP contribution is 2.25. The Labute approximate surface area is 183 Å². The second-order valence-corrected chi connectivity index (χ2v) is 8.58. The summed E-state index contributed by atoms with van der Waals surface area (Å²) in [4.78, 5) is 15.7. The Bertz CT molecular complexity index is 1040. The molecule has 6 heteroatoms. The summed E-state index contributed by atoms with van der Waals surface area (Å²) in [5, 5.41) is 7.95. The maximum absolute atomic E-state index is 13.3. The van der Waals surface area contributed by atoms with Gasteiger partial charge in [0.25, 0.3) is 5.91 Å². The van der Waals surface area contributed by atoms with E-state index in [1.165, 1.54) is 0 Å². The summed E-state index contributed by atoms with van der Waals surface area (Å²) >= 11 is 0. The van der Waals surface area contributed by atoms with Crippen molar-refractivity contribution in [1.29, 1.82) is 0 Å². The number of nitrogens with zero attached hydrogens (tertiary/aromatic N) is 3. The van der Waals surface area contributed by atoms with E-state index in [0.29, 0.717) is 17.8 Å². The molecule has 2 heterocycles. The monoisotopic (exact) mass is 418 g/mol. The Morgan fingerprint density at radius 1 is 1.06 bits per heavy atom. The van der Waals surface area contributed by atoms with Gasteiger partial charge in [-0.15, -0.1) is 0 Å². The molecule has 1 amide bonds. The molecule has 0 radical (unpaired) electrons. The van der Waals surface area contributed by atoms with Crippen molar-refractivity contribution in [2.45, 2.75) is 26.3 Å². The third kappa shape index (κ3) is 4.70. The molecule has 162 valence electrons. The van der Waals surface area contributed by atoms with Gasteiger partial charge in [0.15, 0.2) is 0 Å². The third-order valence-electron chi connectivity index (χ3n) is 5.92. The molecule has 0 aliphatic carbocycles. The van der Waals surface area contributed by atoms with Crippen LogP contribution in [-0.2, 0) is 4.74 Å². The van der Waals surface area contributed by atoms with Crippen molar-refractivity contribution in [3.63, 3.8) is 0 Å². The number of nitrogens with one attached hydrogen (secondary N) is 1. The second-order valence-electron chi connectivity index (χ2n) is 8.58. The maximum atomic E-state index is 13.3. The molecule has 1 aliphatic heterocycles. The Kier molecular flexibility index (Phi) is 6.20. The van der Waals surface area contributed by atoms with E-state index < -0.39 is 0 Å². The van der Waals surface area contributed by atoms with E-state index in [1.54, 1.807) is 4.68 Å². The average Bonchev–Trinajstić information content (AvgIpc) is 3.24. The molecule has 1 aromatic heterocycles. The molecule has 1 N–H and O–H groups in total. The summed E-state index contributed by atoms with van der Waals surface area (Å²) in [5.74, 6) is -0.111. The number of carbonyl (C=O) groups is 1. The van der Waals surface area contributed by atoms with Crippen LogP contribution in [0.2, 0.25) is 0 Å². The molecule has 6 nitrogen and oxygen atoms in total. The predicted molar refractivity (Wildman–Crippen MR) is 123 cm³/mol. The number of aryl methyl sites for hydroxylation is 1. The highest BCUT2D eigenvalue weighted by atomic mass is 16.5. The molecule has 0 unspecified atom stereocenters. The van der Waals surface area contributed by atoms with Crippen molar-refractivity contribution < 1.29 is 9.53 Å². The van der Waals surface area contributed by atoms with E-state index in [9.17, 15) is 4.79 Å². The summed E-state index contributed by atoms with van der Waals surface area (Å²) in [5.41, 5.74) is 4.10. The minimum absolute atomic E-state index is 0.111. The molecule has 2 aromatic carbocycles. The topological polar surface area (TPSA) is 59.4 Å². The zero-order valence-electron chi connectivity index (χ0n) is 18.5. The Balaban J connectivity index is 1.61. The largest absolute Gasteiger partial charge is 0.379 e. The molecule has 0 atom stereocenters. The molecular weight excluding hydrogens is 388 g/mol. The first kappa shape index (κ1) is 21.3. The smallest absolute Gasteiger partial charge is 0.255 e. The molecule has 1 fully saturated rings. The van der Waals surface area contributed by atoms with Crippen LogP contribution in [0.5, 0.6) is 0 Å². The van der Waals surface area contributed by atoms with Gasteiger partial charge in [-0.1, -0.05) is 48.5 Å². The second kappa shape index (κ2) is 9.04. The van der Waals surface area contributed by atoms with Gasteiger partial charge in [0.2, 0.25) is 0 Å². The minimum atomic E-state index is -0.154. The number of hydrogen-bond acceptors (Lipinski definition) is 4. The van der Waals surface area contributed by atoms with Gasteiger partial charge in [-0.2, -0.15) is 5.10 Å². The minimum Gasteiger partial charge on any atom is -0.379 e. The van der Waals surface area contributed by atoms with Crippen LogP contribution in [0.25, 0.3) is 16.9 Å². The molecule has 0 spiro atoms. The van der Waals surface area contributed by atoms with E-state index in [1.807, 2.05) is 67.7 Å². The summed E-state index contributed by atoms with van der Waals surface area (Å²) in [6.45, 7) is 10.1. The standard InChI is InChI=1S/C25H30N4O2/c1-19-9-7-8-12-22(19)29-17-21(23(27-29)20-10-5-4-6-11-20)24(30)26-18-25(2,3)28-13-15-31-16-14-28/h4-12,17H,13-16,18H2,1-3H3,(H,26,30). The van der Waals surface area contributed by atoms with Crippen LogP contribution in [0, 0.1) is 6.92 Å². The van der Waals surface area contributed by atoms with Crippen LogP contribution in [0.15, 0.2) is 60.8 Å². The lowest BCUT2D eigenvalue weighted by Crippen LogP contribution is -2.55. The molecule has 0 bridgehead atoms. The summed E-state index contributed by atoms with van der Waals surface area (Å²) in [6.07, 6.45) is 1.84. The Morgan fingerprint density at radius 3 is 2.45 bits per heavy atom. The summed E-state index contributed by atoms with van der Waals surface area (Å²) < 4.78 is 7.27. The lowest BCUT2D eigenvalue weighted by molar-refractivity contribution is -0.00923. The zero-order chi connectivity index (χ0) is 21.8. The van der Waals surface area contributed by atoms with Crippen LogP contribution in [0.1, 0.15) is 29.8 Å². The fourth-order valence-corrected chi connectivity index (χ4v) is 3.97. The number of carbonyl (C=O) groups excluding carboxylic acids is 1. The number of amides is 1. The number of benzene rings is 2. The number of rotatable bonds is 6. The van der Waals surface area contributed by atoms with Crippen molar-refractivity contribution in [2.24, 2.45) is 0 Å². The Morgan fingerprint density at radius 2 is 1.74 bits per heavy atom. The van der Waals surface area contributed by atoms with Crippen LogP contribution in [-0.4, -0.2) is 59.0 Å². The van der Waals surface area contributed by atoms with Gasteiger partial charge in [-0.3, -0.25) is 9.69 Å². The molecule has 4 rings (SSSR count). The lowest BCUT2D eigenvalue weighted by Gasteiger charge is -2.40. The zero-order valence-corrected chi connectivity index (χ0v) is 18.5. The number of hydrogen-bond donors (Lipinski definition) is 1. The van der Waals surface area contributed by atoms with Gasteiger partial charge in [-0.25, -0.2) is 4.68 Å². The van der Waals surface area contributed by atoms with Crippen LogP contribution in [0.4, 0.5) is 0 Å². The van der Waals surface area contributed by atoms with E-state index in [2.05, 4.69) is 24.1 Å². The van der Waals surface area contributed by atoms with E-state index in [4.69, 9.17) is 9.84 Å². The quantitative estimate of drug-likeness (QED) is 0.663. The molecule has 31 heavy (non-hydrogen) atoms. The normalized spacial score (nSPS) is 15.1. The molecule has 3 aromatic rings. The van der Waals surface area contributed by atoms with Crippen molar-refractivity contribution >= 4 is 5.91 Å². The number of ether oxygens (including phenoxy) is 1. The van der Waals surface area contributed by atoms with Crippen molar-refractivity contribution in [1.82, 2.24) is 20.0 Å². The van der Waals surface area contributed by atoms with E-state index in [0.717, 1.165) is 43.1 Å². The number of morpholine rings is 1. The first-order chi connectivity index (χ1) is 15.0. The van der Waals surface area contributed by atoms with Gasteiger partial charge in [0.1, 0.15) is 5.69 Å². The molecule has 0 saturated carbocycles. The predicted octanol–water partition coefficient (Wildman–Crippen LogP) is 3.69. The Hall–Kier alpha value is -2.96. The van der Waals surface area contributed by atoms with Crippen LogP contribution in [0.3, 0.4) is 0 Å². The third-order valence-corrected chi connectivity index (χ3v) is 5.92. The van der Waals surface area contributed by atoms with Gasteiger partial charge >= 0.3 is 0 Å². The highest BCUT2D eigenvalue weighted by molar-refractivity contribution is 6.00. The van der Waals surface area contributed by atoms with E-state index >= 15 is 0 Å². The lowest BCUT2D eigenvalue weighted by atomic mass is 10.0. The van der Waals surface area contributed by atoms with Crippen LogP contribution >= 0.6 is 0 Å². The number of aromatic nitrogens is 2. The molecule has 1 aliphatic rings. The number of para-hydroxylation sites is 1. The first-order valence-electron chi connectivity index (χ1n) is 10.8. The van der Waals surface area contributed by atoms with Crippen molar-refractivity contribution in [3.8, 4) is 16.9 Å². The summed E-state index contributed by atoms with van der Waals surface area (Å²) in [6, 6.07) is 17.9. The van der Waals surface area contributed by atoms with Gasteiger partial charge in [0.05, 0.1) is 24.5 Å². The highest BCUT2D eigenvalue weighted by Gasteiger charge is 2.29. The van der Waals surface area contributed by atoms with Gasteiger partial charge < -0.3 is 10.1 Å². The van der Waals surface area contributed by atoms with E-state index in [-0.39, 0.29) is 11.4 Å². The van der Waals surface area contributed by atoms with Crippen LogP contribution < -0.4 is 5.32 Å². The molecular formula is C25H30N4O2. The van der Waals surface area contributed by atoms with Crippen molar-refractivity contribution in [2.75, 3.05) is 32.8 Å². The average molecular weight is 419 g/mol. The van der Waals surface area contributed by atoms with Crippen molar-refractivity contribution in [3.05, 3.63) is 71.9 Å². The molecule has 1 saturated heterocycles. The summed E-state index contributed by atoms with van der Waals surface area (Å²) in [7, 11) is 0. The van der Waals surface area contributed by atoms with Gasteiger partial charge in [0, 0.05) is 36.9 Å². The fraction of sp³-hybridized carbons (Fsp3) is 0.360. The maximum Gasteiger partial charge on any atom is 0.255 e. The first-order valence-corrected chi connectivity index (χ1v) is 10.8.